The Morgan fingerprint density at radius 1 is 1.46 bits per heavy atom. The molecular weight excluding hydrogens is 162 g/mol. The summed E-state index contributed by atoms with van der Waals surface area (Å²) in [4.78, 5) is 4.26. The third kappa shape index (κ3) is 2.19. The lowest BCUT2D eigenvalue weighted by molar-refractivity contribution is -0.00756. The van der Waals surface area contributed by atoms with Crippen molar-refractivity contribution in [2.75, 3.05) is 6.61 Å². The highest BCUT2D eigenvalue weighted by Gasteiger charge is 2.23. The minimum atomic E-state index is 0.454. The van der Waals surface area contributed by atoms with Crippen molar-refractivity contribution in [3.05, 3.63) is 11.8 Å². The first-order chi connectivity index (χ1) is 6.36. The average molecular weight is 179 g/mol. The fourth-order valence-corrected chi connectivity index (χ4v) is 2.10. The van der Waals surface area contributed by atoms with Gasteiger partial charge in [-0.05, 0) is 32.6 Å². The van der Waals surface area contributed by atoms with Gasteiger partial charge in [-0.3, -0.25) is 4.99 Å². The molecule has 1 unspecified atom stereocenters. The van der Waals surface area contributed by atoms with E-state index in [4.69, 9.17) is 4.74 Å². The molecule has 0 saturated carbocycles. The van der Waals surface area contributed by atoms with Crippen LogP contribution in [0, 0.1) is 5.92 Å². The molecule has 0 bridgehead atoms. The van der Waals surface area contributed by atoms with Crippen molar-refractivity contribution in [2.45, 2.75) is 38.7 Å². The quantitative estimate of drug-likeness (QED) is 0.606. The summed E-state index contributed by atoms with van der Waals surface area (Å²) < 4.78 is 5.76. The van der Waals surface area contributed by atoms with Gasteiger partial charge in [0.1, 0.15) is 0 Å². The molecule has 0 aromatic rings. The van der Waals surface area contributed by atoms with Crippen molar-refractivity contribution in [2.24, 2.45) is 10.9 Å². The Balaban J connectivity index is 1.96. The van der Waals surface area contributed by atoms with Crippen LogP contribution in [0.3, 0.4) is 0 Å². The monoisotopic (exact) mass is 179 g/mol. The summed E-state index contributed by atoms with van der Waals surface area (Å²) in [6.45, 7) is 3.01. The first-order valence-corrected chi connectivity index (χ1v) is 5.19. The molecule has 0 N–H and O–H groups in total. The van der Waals surface area contributed by atoms with Crippen molar-refractivity contribution in [1.82, 2.24) is 0 Å². The number of aliphatic imine (C=N–C) groups is 1. The van der Waals surface area contributed by atoms with E-state index in [2.05, 4.69) is 18.0 Å². The zero-order valence-corrected chi connectivity index (χ0v) is 8.20. The Labute approximate surface area is 79.7 Å². The number of hydrogen-bond acceptors (Lipinski definition) is 2. The number of nitrogens with zero attached hydrogens (tertiary/aromatic N) is 1. The predicted octanol–water partition coefficient (Wildman–Crippen LogP) is 2.55. The smallest absolute Gasteiger partial charge is 0.0642 e. The maximum Gasteiger partial charge on any atom is 0.0642 e. The second kappa shape index (κ2) is 4.05. The molecular formula is C11H17NO. The SMILES string of the molecule is CC1=CC([C@@H]2CCCCO2)CC=N1. The minimum absolute atomic E-state index is 0.454. The van der Waals surface area contributed by atoms with Crippen molar-refractivity contribution in [3.63, 3.8) is 0 Å². The molecule has 13 heavy (non-hydrogen) atoms. The van der Waals surface area contributed by atoms with Gasteiger partial charge < -0.3 is 4.74 Å². The fraction of sp³-hybridized carbons (Fsp3) is 0.727. The lowest BCUT2D eigenvalue weighted by Gasteiger charge is -2.29. The third-order valence-electron chi connectivity index (χ3n) is 2.82. The van der Waals surface area contributed by atoms with Crippen LogP contribution in [-0.4, -0.2) is 18.9 Å². The molecule has 2 heterocycles. The van der Waals surface area contributed by atoms with E-state index in [-0.39, 0.29) is 0 Å². The molecule has 1 saturated heterocycles. The van der Waals surface area contributed by atoms with Crippen molar-refractivity contribution in [1.29, 1.82) is 0 Å². The van der Waals surface area contributed by atoms with Gasteiger partial charge in [-0.2, -0.15) is 0 Å². The molecule has 2 atom stereocenters. The zero-order chi connectivity index (χ0) is 9.10. The molecule has 0 amide bonds. The van der Waals surface area contributed by atoms with E-state index in [1.807, 2.05) is 6.21 Å². The number of ether oxygens (including phenoxy) is 1. The van der Waals surface area contributed by atoms with Crippen molar-refractivity contribution in [3.8, 4) is 0 Å². The second-order valence-corrected chi connectivity index (χ2v) is 3.92. The first kappa shape index (κ1) is 8.95. The summed E-state index contributed by atoms with van der Waals surface area (Å²) >= 11 is 0. The van der Waals surface area contributed by atoms with Gasteiger partial charge in [0.25, 0.3) is 0 Å². The van der Waals surface area contributed by atoms with Crippen LogP contribution < -0.4 is 0 Å². The Morgan fingerprint density at radius 3 is 3.08 bits per heavy atom. The number of hydrogen-bond donors (Lipinski definition) is 0. The van der Waals surface area contributed by atoms with Gasteiger partial charge in [0, 0.05) is 24.4 Å². The normalized spacial score (nSPS) is 34.4. The van der Waals surface area contributed by atoms with Crippen LogP contribution in [-0.2, 0) is 4.74 Å². The molecule has 0 aromatic carbocycles. The molecule has 2 nitrogen and oxygen atoms in total. The van der Waals surface area contributed by atoms with Crippen LogP contribution in [0.15, 0.2) is 16.8 Å². The molecule has 2 rings (SSSR count). The molecule has 0 aliphatic carbocycles. The van der Waals surface area contributed by atoms with E-state index >= 15 is 0 Å². The largest absolute Gasteiger partial charge is 0.378 e. The maximum absolute atomic E-state index is 5.76. The highest BCUT2D eigenvalue weighted by Crippen LogP contribution is 2.26. The molecule has 0 spiro atoms. The first-order valence-electron chi connectivity index (χ1n) is 5.19. The van der Waals surface area contributed by atoms with Gasteiger partial charge in [-0.25, -0.2) is 0 Å². The lowest BCUT2D eigenvalue weighted by atomic mass is 9.91. The Morgan fingerprint density at radius 2 is 2.38 bits per heavy atom. The Hall–Kier alpha value is -0.630. The topological polar surface area (TPSA) is 21.6 Å². The highest BCUT2D eigenvalue weighted by atomic mass is 16.5. The predicted molar refractivity (Wildman–Crippen MR) is 53.9 cm³/mol. The zero-order valence-electron chi connectivity index (χ0n) is 8.20. The van der Waals surface area contributed by atoms with Gasteiger partial charge in [-0.1, -0.05) is 6.08 Å². The lowest BCUT2D eigenvalue weighted by Crippen LogP contribution is -2.28. The Bertz CT molecular complexity index is 226. The van der Waals surface area contributed by atoms with Gasteiger partial charge in [0.15, 0.2) is 0 Å². The standard InChI is InChI=1S/C11H17NO/c1-9-8-10(5-6-12-9)11-4-2-3-7-13-11/h6,8,10-11H,2-5,7H2,1H3/t10?,11-/m0/s1. The summed E-state index contributed by atoms with van der Waals surface area (Å²) in [7, 11) is 0. The minimum Gasteiger partial charge on any atom is -0.378 e. The van der Waals surface area contributed by atoms with E-state index < -0.39 is 0 Å². The highest BCUT2D eigenvalue weighted by molar-refractivity contribution is 5.61. The van der Waals surface area contributed by atoms with Gasteiger partial charge >= 0.3 is 0 Å². The van der Waals surface area contributed by atoms with Crippen LogP contribution in [0.1, 0.15) is 32.6 Å². The second-order valence-electron chi connectivity index (χ2n) is 3.92. The van der Waals surface area contributed by atoms with Gasteiger partial charge in [-0.15, -0.1) is 0 Å². The summed E-state index contributed by atoms with van der Waals surface area (Å²) in [5, 5.41) is 0. The molecule has 0 radical (unpaired) electrons. The number of allylic oxidation sites excluding steroid dienone is 1. The van der Waals surface area contributed by atoms with Crippen LogP contribution >= 0.6 is 0 Å². The molecule has 2 heteroatoms. The summed E-state index contributed by atoms with van der Waals surface area (Å²) in [5.74, 6) is 0.581. The van der Waals surface area contributed by atoms with Crippen LogP contribution in [0.25, 0.3) is 0 Å². The molecule has 72 valence electrons. The summed E-state index contributed by atoms with van der Waals surface area (Å²) in [5.41, 5.74) is 1.14. The summed E-state index contributed by atoms with van der Waals surface area (Å²) in [6.07, 6.45) is 9.58. The number of rotatable bonds is 1. The molecule has 1 fully saturated rings. The maximum atomic E-state index is 5.76. The fourth-order valence-electron chi connectivity index (χ4n) is 2.10. The van der Waals surface area contributed by atoms with E-state index in [0.29, 0.717) is 12.0 Å². The van der Waals surface area contributed by atoms with Crippen LogP contribution in [0.4, 0.5) is 0 Å². The van der Waals surface area contributed by atoms with E-state index in [0.717, 1.165) is 18.7 Å². The van der Waals surface area contributed by atoms with Crippen molar-refractivity contribution < 1.29 is 4.74 Å². The molecule has 2 aliphatic rings. The van der Waals surface area contributed by atoms with Crippen molar-refractivity contribution >= 4 is 6.21 Å². The molecule has 2 aliphatic heterocycles. The van der Waals surface area contributed by atoms with Crippen LogP contribution in [0.2, 0.25) is 0 Å². The third-order valence-corrected chi connectivity index (χ3v) is 2.82. The van der Waals surface area contributed by atoms with E-state index in [1.54, 1.807) is 0 Å². The summed E-state index contributed by atoms with van der Waals surface area (Å²) in [6, 6.07) is 0. The van der Waals surface area contributed by atoms with E-state index in [1.165, 1.54) is 19.3 Å². The van der Waals surface area contributed by atoms with Gasteiger partial charge in [0.2, 0.25) is 0 Å². The Kier molecular flexibility index (Phi) is 2.79. The van der Waals surface area contributed by atoms with Gasteiger partial charge in [0.05, 0.1) is 6.10 Å². The van der Waals surface area contributed by atoms with Crippen LogP contribution in [0.5, 0.6) is 0 Å². The average Bonchev–Trinajstić information content (AvgIpc) is 2.19. The van der Waals surface area contributed by atoms with E-state index in [9.17, 15) is 0 Å². The molecule has 0 aromatic heterocycles.